The minimum Gasteiger partial charge on any atom is -0.285 e. The lowest BCUT2D eigenvalue weighted by molar-refractivity contribution is 0.0998. The molecule has 0 saturated carbocycles. The van der Waals surface area contributed by atoms with Crippen LogP contribution in [-0.4, -0.2) is 10.5 Å². The summed E-state index contributed by atoms with van der Waals surface area (Å²) in [6.07, 6.45) is 0. The monoisotopic (exact) mass is 374 g/mol. The van der Waals surface area contributed by atoms with Crippen LogP contribution in [0.3, 0.4) is 0 Å². The molecule has 0 aliphatic rings. The Morgan fingerprint density at radius 2 is 1.48 bits per heavy atom. The first-order chi connectivity index (χ1) is 13.2. The molecule has 1 aromatic heterocycles. The van der Waals surface area contributed by atoms with Gasteiger partial charge in [0.1, 0.15) is 5.82 Å². The summed E-state index contributed by atoms with van der Waals surface area (Å²) in [7, 11) is 0. The van der Waals surface area contributed by atoms with E-state index in [0.717, 1.165) is 16.9 Å². The molecule has 1 heterocycles. The number of aromatic nitrogens is 1. The normalized spacial score (nSPS) is 11.5. The van der Waals surface area contributed by atoms with Crippen molar-refractivity contribution in [3.05, 3.63) is 106 Å². The Hall–Kier alpha value is -3.31. The summed E-state index contributed by atoms with van der Waals surface area (Å²) in [5.74, 6) is -0.586. The predicted octanol–water partition coefficient (Wildman–Crippen LogP) is 5.09. The summed E-state index contributed by atoms with van der Waals surface area (Å²) in [6, 6.07) is 24.9. The summed E-state index contributed by atoms with van der Waals surface area (Å²) < 4.78 is 15.2. The number of carbonyl (C=O) groups is 1. The zero-order valence-electron chi connectivity index (χ0n) is 14.2. The highest BCUT2D eigenvalue weighted by Gasteiger charge is 2.12. The number of para-hydroxylation sites is 1. The molecule has 3 aromatic carbocycles. The highest BCUT2D eigenvalue weighted by Crippen LogP contribution is 2.23. The van der Waals surface area contributed by atoms with Crippen molar-refractivity contribution in [2.45, 2.75) is 0 Å². The lowest BCUT2D eigenvalue weighted by atomic mass is 10.1. The van der Waals surface area contributed by atoms with Crippen molar-refractivity contribution in [2.75, 3.05) is 0 Å². The van der Waals surface area contributed by atoms with Crippen LogP contribution in [0.15, 0.2) is 95.3 Å². The molecular formula is C22H15FN2OS. The first kappa shape index (κ1) is 17.1. The van der Waals surface area contributed by atoms with Gasteiger partial charge in [-0.2, -0.15) is 4.99 Å². The Morgan fingerprint density at radius 3 is 2.15 bits per heavy atom. The molecule has 4 rings (SSSR count). The molecule has 5 heteroatoms. The van der Waals surface area contributed by atoms with Crippen LogP contribution >= 0.6 is 11.3 Å². The topological polar surface area (TPSA) is 34.4 Å². The maximum Gasteiger partial charge on any atom is 0.279 e. The highest BCUT2D eigenvalue weighted by molar-refractivity contribution is 7.07. The SMILES string of the molecule is O=C(N=c1scc(-c2ccc(F)cc2)n1-c1ccccc1)c1ccccc1. The van der Waals surface area contributed by atoms with Crippen molar-refractivity contribution < 1.29 is 9.18 Å². The summed E-state index contributed by atoms with van der Waals surface area (Å²) in [4.78, 5) is 17.5. The summed E-state index contributed by atoms with van der Waals surface area (Å²) >= 11 is 1.37. The van der Waals surface area contributed by atoms with E-state index in [1.165, 1.54) is 23.5 Å². The Labute approximate surface area is 159 Å². The maximum atomic E-state index is 13.3. The van der Waals surface area contributed by atoms with Gasteiger partial charge in [-0.15, -0.1) is 11.3 Å². The van der Waals surface area contributed by atoms with Gasteiger partial charge in [0.25, 0.3) is 5.91 Å². The fourth-order valence-electron chi connectivity index (χ4n) is 2.77. The van der Waals surface area contributed by atoms with E-state index in [2.05, 4.69) is 4.99 Å². The minimum atomic E-state index is -0.298. The van der Waals surface area contributed by atoms with Crippen molar-refractivity contribution >= 4 is 17.2 Å². The molecule has 4 aromatic rings. The Balaban J connectivity index is 1.89. The quantitative estimate of drug-likeness (QED) is 0.492. The van der Waals surface area contributed by atoms with Crippen LogP contribution in [0.25, 0.3) is 16.9 Å². The number of benzene rings is 3. The summed E-state index contributed by atoms with van der Waals surface area (Å²) in [5.41, 5.74) is 3.13. The Bertz CT molecular complexity index is 1130. The van der Waals surface area contributed by atoms with Crippen LogP contribution in [0.5, 0.6) is 0 Å². The average molecular weight is 374 g/mol. The fraction of sp³-hybridized carbons (Fsp3) is 0. The zero-order chi connectivity index (χ0) is 18.6. The van der Waals surface area contributed by atoms with E-state index in [1.807, 2.05) is 58.5 Å². The first-order valence-corrected chi connectivity index (χ1v) is 9.26. The van der Waals surface area contributed by atoms with Crippen molar-refractivity contribution in [3.63, 3.8) is 0 Å². The maximum absolute atomic E-state index is 13.3. The third-order valence-corrected chi connectivity index (χ3v) is 4.91. The van der Waals surface area contributed by atoms with Gasteiger partial charge >= 0.3 is 0 Å². The lowest BCUT2D eigenvalue weighted by Gasteiger charge is -2.09. The van der Waals surface area contributed by atoms with Gasteiger partial charge in [-0.25, -0.2) is 4.39 Å². The van der Waals surface area contributed by atoms with Gasteiger partial charge in [-0.1, -0.05) is 36.4 Å². The molecule has 0 saturated heterocycles. The smallest absolute Gasteiger partial charge is 0.279 e. The van der Waals surface area contributed by atoms with E-state index in [4.69, 9.17) is 0 Å². The molecule has 0 N–H and O–H groups in total. The standard InChI is InChI=1S/C22H15FN2OS/c23-18-13-11-16(12-14-18)20-15-27-22(25(20)19-9-5-2-6-10-19)24-21(26)17-7-3-1-4-8-17/h1-15H. The Kier molecular flexibility index (Phi) is 4.77. The molecule has 0 spiro atoms. The predicted molar refractivity (Wildman–Crippen MR) is 105 cm³/mol. The van der Waals surface area contributed by atoms with Gasteiger partial charge in [0, 0.05) is 16.6 Å². The summed E-state index contributed by atoms with van der Waals surface area (Å²) in [6.45, 7) is 0. The molecule has 1 amide bonds. The third-order valence-electron chi connectivity index (χ3n) is 4.08. The van der Waals surface area contributed by atoms with E-state index in [-0.39, 0.29) is 11.7 Å². The second-order valence-corrected chi connectivity index (χ2v) is 6.70. The summed E-state index contributed by atoms with van der Waals surface area (Å²) in [5, 5.41) is 1.93. The van der Waals surface area contributed by atoms with Crippen LogP contribution in [0.1, 0.15) is 10.4 Å². The van der Waals surface area contributed by atoms with Gasteiger partial charge in [0.2, 0.25) is 0 Å². The fourth-order valence-corrected chi connectivity index (χ4v) is 3.67. The molecule has 0 aliphatic heterocycles. The van der Waals surface area contributed by atoms with Gasteiger partial charge in [0.05, 0.1) is 5.69 Å². The first-order valence-electron chi connectivity index (χ1n) is 8.38. The van der Waals surface area contributed by atoms with Crippen molar-refractivity contribution in [1.29, 1.82) is 0 Å². The number of thiazole rings is 1. The number of halogens is 1. The molecule has 0 unspecified atom stereocenters. The van der Waals surface area contributed by atoms with Crippen LogP contribution in [0, 0.1) is 5.82 Å². The van der Waals surface area contributed by atoms with Crippen LogP contribution in [-0.2, 0) is 0 Å². The largest absolute Gasteiger partial charge is 0.285 e. The molecular weight excluding hydrogens is 359 g/mol. The van der Waals surface area contributed by atoms with E-state index in [0.29, 0.717) is 10.4 Å². The van der Waals surface area contributed by atoms with E-state index in [1.54, 1.807) is 24.3 Å². The van der Waals surface area contributed by atoms with Crippen LogP contribution in [0.4, 0.5) is 4.39 Å². The number of carbonyl (C=O) groups excluding carboxylic acids is 1. The zero-order valence-corrected chi connectivity index (χ0v) is 15.1. The van der Waals surface area contributed by atoms with Crippen molar-refractivity contribution in [2.24, 2.45) is 4.99 Å². The minimum absolute atomic E-state index is 0.288. The number of nitrogens with zero attached hydrogens (tertiary/aromatic N) is 2. The number of hydrogen-bond donors (Lipinski definition) is 0. The van der Waals surface area contributed by atoms with E-state index >= 15 is 0 Å². The van der Waals surface area contributed by atoms with Gasteiger partial charge in [0.15, 0.2) is 4.80 Å². The Morgan fingerprint density at radius 1 is 0.852 bits per heavy atom. The second-order valence-electron chi connectivity index (χ2n) is 5.86. The number of amides is 1. The molecule has 0 aliphatic carbocycles. The molecule has 3 nitrogen and oxygen atoms in total. The van der Waals surface area contributed by atoms with Crippen molar-refractivity contribution in [1.82, 2.24) is 4.57 Å². The van der Waals surface area contributed by atoms with Gasteiger partial charge in [-0.3, -0.25) is 9.36 Å². The third kappa shape index (κ3) is 3.64. The van der Waals surface area contributed by atoms with Crippen LogP contribution in [0.2, 0.25) is 0 Å². The van der Waals surface area contributed by atoms with Crippen molar-refractivity contribution in [3.8, 4) is 16.9 Å². The van der Waals surface area contributed by atoms with Crippen LogP contribution < -0.4 is 4.80 Å². The van der Waals surface area contributed by atoms with Gasteiger partial charge in [-0.05, 0) is 54.1 Å². The number of hydrogen-bond acceptors (Lipinski definition) is 2. The molecule has 132 valence electrons. The lowest BCUT2D eigenvalue weighted by Crippen LogP contribution is -2.16. The highest BCUT2D eigenvalue weighted by atomic mass is 32.1. The molecule has 0 atom stereocenters. The molecule has 0 bridgehead atoms. The van der Waals surface area contributed by atoms with E-state index < -0.39 is 0 Å². The second kappa shape index (κ2) is 7.51. The molecule has 0 fully saturated rings. The van der Waals surface area contributed by atoms with E-state index in [9.17, 15) is 9.18 Å². The van der Waals surface area contributed by atoms with Gasteiger partial charge < -0.3 is 0 Å². The average Bonchev–Trinajstić information content (AvgIpc) is 3.13. The number of rotatable bonds is 3. The molecule has 0 radical (unpaired) electrons. The molecule has 27 heavy (non-hydrogen) atoms.